The normalized spacial score (nSPS) is 10.3. The Morgan fingerprint density at radius 2 is 2.17 bits per heavy atom. The molecule has 0 radical (unpaired) electrons. The molecule has 0 spiro atoms. The van der Waals surface area contributed by atoms with Gasteiger partial charge in [-0.3, -0.25) is 0 Å². The fourth-order valence-electron chi connectivity index (χ4n) is 1.68. The number of methoxy groups -OCH3 is 1. The Bertz CT molecular complexity index is 419. The van der Waals surface area contributed by atoms with E-state index in [1.54, 1.807) is 20.1 Å². The summed E-state index contributed by atoms with van der Waals surface area (Å²) in [4.78, 5) is 11.0. The Labute approximate surface area is 107 Å². The van der Waals surface area contributed by atoms with Crippen molar-refractivity contribution in [1.29, 1.82) is 0 Å². The molecular weight excluding hydrogens is 232 g/mol. The summed E-state index contributed by atoms with van der Waals surface area (Å²) in [5.41, 5.74) is 7.76. The predicted octanol–water partition coefficient (Wildman–Crippen LogP) is 2.11. The van der Waals surface area contributed by atoms with Crippen molar-refractivity contribution in [2.24, 2.45) is 0 Å². The van der Waals surface area contributed by atoms with Gasteiger partial charge < -0.3 is 20.9 Å². The average Bonchev–Trinajstić information content (AvgIpc) is 2.32. The summed E-state index contributed by atoms with van der Waals surface area (Å²) < 4.78 is 4.96. The van der Waals surface area contributed by atoms with Crippen LogP contribution in [0, 0.1) is 6.92 Å². The summed E-state index contributed by atoms with van der Waals surface area (Å²) in [5.74, 6) is -1.00. The summed E-state index contributed by atoms with van der Waals surface area (Å²) >= 11 is 0. The number of aromatic carboxylic acids is 1. The van der Waals surface area contributed by atoms with E-state index in [1.807, 2.05) is 6.07 Å². The van der Waals surface area contributed by atoms with Crippen LogP contribution in [0.25, 0.3) is 0 Å². The summed E-state index contributed by atoms with van der Waals surface area (Å²) in [6.07, 6.45) is 1.95. The number of hydrogen-bond acceptors (Lipinski definition) is 4. The summed E-state index contributed by atoms with van der Waals surface area (Å²) in [5, 5.41) is 12.2. The third-order valence-corrected chi connectivity index (χ3v) is 2.72. The number of ether oxygens (including phenoxy) is 1. The van der Waals surface area contributed by atoms with E-state index >= 15 is 0 Å². The number of unbranched alkanes of at least 4 members (excludes halogenated alkanes) is 1. The minimum Gasteiger partial charge on any atom is -0.478 e. The van der Waals surface area contributed by atoms with Crippen molar-refractivity contribution < 1.29 is 14.6 Å². The van der Waals surface area contributed by atoms with Crippen LogP contribution in [-0.4, -0.2) is 31.3 Å². The molecule has 1 aromatic carbocycles. The Hall–Kier alpha value is -1.75. The predicted molar refractivity (Wildman–Crippen MR) is 72.2 cm³/mol. The molecule has 100 valence electrons. The quantitative estimate of drug-likeness (QED) is 0.511. The zero-order valence-electron chi connectivity index (χ0n) is 10.8. The number of benzene rings is 1. The Balaban J connectivity index is 2.64. The van der Waals surface area contributed by atoms with E-state index in [0.29, 0.717) is 5.69 Å². The standard InChI is InChI=1S/C13H20N2O3/c1-9-7-10(15-5-3-4-6-18-2)8-11(12(9)14)13(16)17/h7-8,15H,3-6,14H2,1-2H3,(H,16,17). The third kappa shape index (κ3) is 3.92. The van der Waals surface area contributed by atoms with Crippen molar-refractivity contribution in [1.82, 2.24) is 0 Å². The number of carboxylic acid groups (broad SMARTS) is 1. The number of nitrogen functional groups attached to an aromatic ring is 1. The maximum absolute atomic E-state index is 11.0. The van der Waals surface area contributed by atoms with Crippen LogP contribution < -0.4 is 11.1 Å². The first-order valence-corrected chi connectivity index (χ1v) is 5.92. The topological polar surface area (TPSA) is 84.6 Å². The van der Waals surface area contributed by atoms with E-state index < -0.39 is 5.97 Å². The monoisotopic (exact) mass is 252 g/mol. The second kappa shape index (κ2) is 6.86. The Morgan fingerprint density at radius 3 is 2.78 bits per heavy atom. The van der Waals surface area contributed by atoms with Crippen LogP contribution >= 0.6 is 0 Å². The van der Waals surface area contributed by atoms with Gasteiger partial charge in [0.1, 0.15) is 0 Å². The molecular formula is C13H20N2O3. The number of aryl methyl sites for hydroxylation is 1. The lowest BCUT2D eigenvalue weighted by molar-refractivity contribution is 0.0698. The van der Waals surface area contributed by atoms with Crippen LogP contribution in [-0.2, 0) is 4.74 Å². The molecule has 0 atom stereocenters. The molecule has 0 unspecified atom stereocenters. The smallest absolute Gasteiger partial charge is 0.337 e. The van der Waals surface area contributed by atoms with Crippen LogP contribution in [0.15, 0.2) is 12.1 Å². The molecule has 1 aromatic rings. The van der Waals surface area contributed by atoms with Crippen molar-refractivity contribution in [3.63, 3.8) is 0 Å². The van der Waals surface area contributed by atoms with Gasteiger partial charge in [0.05, 0.1) is 5.56 Å². The van der Waals surface area contributed by atoms with Gasteiger partial charge in [0.2, 0.25) is 0 Å². The second-order valence-corrected chi connectivity index (χ2v) is 4.19. The highest BCUT2D eigenvalue weighted by Gasteiger charge is 2.11. The fraction of sp³-hybridized carbons (Fsp3) is 0.462. The van der Waals surface area contributed by atoms with E-state index in [9.17, 15) is 4.79 Å². The maximum Gasteiger partial charge on any atom is 0.337 e. The molecule has 0 fully saturated rings. The summed E-state index contributed by atoms with van der Waals surface area (Å²) in [6, 6.07) is 3.43. The van der Waals surface area contributed by atoms with Gasteiger partial charge >= 0.3 is 5.97 Å². The van der Waals surface area contributed by atoms with Crippen LogP contribution in [0.3, 0.4) is 0 Å². The van der Waals surface area contributed by atoms with Crippen molar-refractivity contribution in [2.75, 3.05) is 31.3 Å². The molecule has 0 amide bonds. The number of nitrogens with one attached hydrogen (secondary N) is 1. The van der Waals surface area contributed by atoms with Gasteiger partial charge in [0.25, 0.3) is 0 Å². The van der Waals surface area contributed by atoms with Gasteiger partial charge in [0.15, 0.2) is 0 Å². The van der Waals surface area contributed by atoms with Gasteiger partial charge in [-0.1, -0.05) is 0 Å². The molecule has 18 heavy (non-hydrogen) atoms. The maximum atomic E-state index is 11.0. The lowest BCUT2D eigenvalue weighted by Gasteiger charge is -2.11. The molecule has 0 saturated carbocycles. The zero-order valence-corrected chi connectivity index (χ0v) is 10.8. The van der Waals surface area contributed by atoms with Crippen LogP contribution in [0.1, 0.15) is 28.8 Å². The van der Waals surface area contributed by atoms with E-state index in [-0.39, 0.29) is 5.56 Å². The van der Waals surface area contributed by atoms with Crippen molar-refractivity contribution in [2.45, 2.75) is 19.8 Å². The Kier molecular flexibility index (Phi) is 5.45. The van der Waals surface area contributed by atoms with E-state index in [0.717, 1.165) is 37.2 Å². The van der Waals surface area contributed by atoms with Gasteiger partial charge in [-0.05, 0) is 37.5 Å². The third-order valence-electron chi connectivity index (χ3n) is 2.72. The molecule has 5 nitrogen and oxygen atoms in total. The number of carboxylic acids is 1. The molecule has 0 heterocycles. The van der Waals surface area contributed by atoms with E-state index in [4.69, 9.17) is 15.6 Å². The average molecular weight is 252 g/mol. The molecule has 5 heteroatoms. The molecule has 0 aromatic heterocycles. The zero-order chi connectivity index (χ0) is 13.5. The van der Waals surface area contributed by atoms with Gasteiger partial charge in [0, 0.05) is 31.6 Å². The van der Waals surface area contributed by atoms with Gasteiger partial charge in [-0.2, -0.15) is 0 Å². The number of nitrogens with two attached hydrogens (primary N) is 1. The fourth-order valence-corrected chi connectivity index (χ4v) is 1.68. The summed E-state index contributed by atoms with van der Waals surface area (Å²) in [7, 11) is 1.68. The van der Waals surface area contributed by atoms with Crippen molar-refractivity contribution in [3.05, 3.63) is 23.3 Å². The van der Waals surface area contributed by atoms with E-state index in [2.05, 4.69) is 5.32 Å². The SMILES string of the molecule is COCCCCNc1cc(C)c(N)c(C(=O)O)c1. The van der Waals surface area contributed by atoms with Crippen molar-refractivity contribution >= 4 is 17.3 Å². The first-order valence-electron chi connectivity index (χ1n) is 5.92. The van der Waals surface area contributed by atoms with Crippen LogP contribution in [0.4, 0.5) is 11.4 Å². The molecule has 1 rings (SSSR count). The first-order chi connectivity index (χ1) is 8.56. The highest BCUT2D eigenvalue weighted by atomic mass is 16.5. The number of anilines is 2. The number of rotatable bonds is 7. The number of carbonyl (C=O) groups is 1. The molecule has 0 saturated heterocycles. The van der Waals surface area contributed by atoms with Crippen LogP contribution in [0.2, 0.25) is 0 Å². The largest absolute Gasteiger partial charge is 0.478 e. The molecule has 0 aliphatic carbocycles. The highest BCUT2D eigenvalue weighted by Crippen LogP contribution is 2.22. The molecule has 0 aliphatic rings. The van der Waals surface area contributed by atoms with Crippen LogP contribution in [0.5, 0.6) is 0 Å². The first kappa shape index (κ1) is 14.3. The summed E-state index contributed by atoms with van der Waals surface area (Å²) in [6.45, 7) is 3.33. The Morgan fingerprint density at radius 1 is 1.44 bits per heavy atom. The number of hydrogen-bond donors (Lipinski definition) is 3. The lowest BCUT2D eigenvalue weighted by Crippen LogP contribution is -2.08. The molecule has 4 N–H and O–H groups in total. The van der Waals surface area contributed by atoms with Crippen molar-refractivity contribution in [3.8, 4) is 0 Å². The minimum absolute atomic E-state index is 0.148. The highest BCUT2D eigenvalue weighted by molar-refractivity contribution is 5.95. The lowest BCUT2D eigenvalue weighted by atomic mass is 10.1. The van der Waals surface area contributed by atoms with E-state index in [1.165, 1.54) is 0 Å². The molecule has 0 aliphatic heterocycles. The molecule has 0 bridgehead atoms. The second-order valence-electron chi connectivity index (χ2n) is 4.19. The van der Waals surface area contributed by atoms with Gasteiger partial charge in [-0.15, -0.1) is 0 Å². The van der Waals surface area contributed by atoms with Gasteiger partial charge in [-0.25, -0.2) is 4.79 Å². The minimum atomic E-state index is -1.00.